The largest absolute Gasteiger partial charge is 0.449 e. The average molecular weight is 316 g/mol. The molecule has 0 aliphatic carbocycles. The van der Waals surface area contributed by atoms with E-state index in [1.165, 1.54) is 11.9 Å². The molecule has 124 valence electrons. The van der Waals surface area contributed by atoms with Crippen molar-refractivity contribution in [2.45, 2.75) is 51.0 Å². The maximum absolute atomic E-state index is 12.1. The fraction of sp³-hybridized carbons (Fsp3) is 0.667. The highest BCUT2D eigenvalue weighted by molar-refractivity contribution is 5.84. The summed E-state index contributed by atoms with van der Waals surface area (Å²) in [4.78, 5) is 25.1. The van der Waals surface area contributed by atoms with Gasteiger partial charge in [0.05, 0.1) is 0 Å². The van der Waals surface area contributed by atoms with Crippen molar-refractivity contribution in [1.29, 1.82) is 5.26 Å². The Kier molecular flexibility index (Phi) is 10.6. The number of likely N-dealkylation sites (N-methyl/N-ethyl adjacent to an activating group) is 1. The van der Waals surface area contributed by atoms with Gasteiger partial charge in [-0.2, -0.15) is 5.26 Å². The van der Waals surface area contributed by atoms with Crippen molar-refractivity contribution in [3.8, 4) is 6.07 Å². The molecule has 0 aliphatic rings. The second kappa shape index (κ2) is 11.7. The highest BCUT2D eigenvalue weighted by Gasteiger charge is 2.27. The Balaban J connectivity index is 4.62. The molecule has 0 N–H and O–H groups in total. The second-order valence-electron chi connectivity index (χ2n) is 4.79. The minimum absolute atomic E-state index is 0.207. The molecule has 5 nitrogen and oxygen atoms in total. The van der Waals surface area contributed by atoms with Crippen LogP contribution in [0.15, 0.2) is 12.7 Å². The van der Waals surface area contributed by atoms with Gasteiger partial charge in [-0.15, -0.1) is 6.58 Å². The Hall–Kier alpha value is -1.97. The van der Waals surface area contributed by atoms with Gasteiger partial charge in [-0.3, -0.25) is 4.79 Å². The number of unbranched alkanes of at least 4 members (excludes halogenated alkanes) is 1. The van der Waals surface area contributed by atoms with Crippen molar-refractivity contribution >= 4 is 11.9 Å². The minimum Gasteiger partial charge on any atom is -0.449 e. The van der Waals surface area contributed by atoms with Crippen LogP contribution in [-0.4, -0.2) is 42.9 Å². The Morgan fingerprint density at radius 3 is 2.55 bits per heavy atom. The summed E-state index contributed by atoms with van der Waals surface area (Å²) in [5.74, 6) is -0.944. The number of nitrogens with zero attached hydrogens (tertiary/aromatic N) is 2. The van der Waals surface area contributed by atoms with Gasteiger partial charge in [0.25, 0.3) is 0 Å². The number of allylic oxidation sites excluding steroid dienone is 1. The van der Waals surface area contributed by atoms with Crippen LogP contribution in [0.5, 0.6) is 0 Å². The Labute approximate surface area is 129 Å². The number of carbonyl (C=O) groups excluding carboxylic acids is 2. The molecule has 0 saturated heterocycles. The van der Waals surface area contributed by atoms with Crippen molar-refractivity contribution in [3.63, 3.8) is 0 Å². The van der Waals surface area contributed by atoms with E-state index in [1.807, 2.05) is 0 Å². The van der Waals surface area contributed by atoms with E-state index < -0.39 is 25.0 Å². The maximum Gasteiger partial charge on any atom is 0.329 e. The fourth-order valence-electron chi connectivity index (χ4n) is 1.88. The van der Waals surface area contributed by atoms with Crippen LogP contribution in [0.25, 0.3) is 0 Å². The first-order valence-corrected chi connectivity index (χ1v) is 7.12. The molecular weight excluding hydrogens is 294 g/mol. The van der Waals surface area contributed by atoms with E-state index in [0.29, 0.717) is 12.8 Å². The quantitative estimate of drug-likeness (QED) is 0.334. The predicted octanol–water partition coefficient (Wildman–Crippen LogP) is 2.67. The van der Waals surface area contributed by atoms with E-state index in [-0.39, 0.29) is 31.6 Å². The van der Waals surface area contributed by atoms with Crippen LogP contribution in [0, 0.1) is 11.3 Å². The Morgan fingerprint density at radius 2 is 2.00 bits per heavy atom. The van der Waals surface area contributed by atoms with Crippen LogP contribution in [0.1, 0.15) is 38.5 Å². The monoisotopic (exact) mass is 316 g/mol. The number of rotatable bonds is 11. The van der Waals surface area contributed by atoms with Crippen molar-refractivity contribution in [2.75, 3.05) is 13.7 Å². The van der Waals surface area contributed by atoms with Crippen LogP contribution >= 0.6 is 0 Å². The van der Waals surface area contributed by atoms with E-state index in [1.54, 1.807) is 12.1 Å². The molecular formula is C15H22F2N2O3. The van der Waals surface area contributed by atoms with Crippen LogP contribution in [0.2, 0.25) is 0 Å². The van der Waals surface area contributed by atoms with E-state index in [2.05, 4.69) is 6.58 Å². The molecule has 0 bridgehead atoms. The zero-order chi connectivity index (χ0) is 17.0. The molecule has 0 radical (unpaired) electrons. The van der Waals surface area contributed by atoms with Gasteiger partial charge in [-0.1, -0.05) is 12.5 Å². The summed E-state index contributed by atoms with van der Waals surface area (Å²) in [7, 11) is 1.47. The number of alkyl halides is 2. The van der Waals surface area contributed by atoms with E-state index in [9.17, 15) is 18.4 Å². The first-order chi connectivity index (χ1) is 10.4. The maximum atomic E-state index is 12.1. The minimum atomic E-state index is -2.38. The summed E-state index contributed by atoms with van der Waals surface area (Å²) < 4.78 is 29.0. The number of halogens is 2. The fourth-order valence-corrected chi connectivity index (χ4v) is 1.88. The molecule has 1 atom stereocenters. The number of amides is 1. The van der Waals surface area contributed by atoms with Gasteiger partial charge in [-0.05, 0) is 19.3 Å². The first-order valence-electron chi connectivity index (χ1n) is 7.12. The molecule has 0 rings (SSSR count). The van der Waals surface area contributed by atoms with Gasteiger partial charge in [0.2, 0.25) is 12.3 Å². The van der Waals surface area contributed by atoms with Gasteiger partial charge in [0.15, 0.2) is 6.61 Å². The van der Waals surface area contributed by atoms with Gasteiger partial charge in [0, 0.05) is 19.9 Å². The number of ether oxygens (including phenoxy) is 1. The van der Waals surface area contributed by atoms with Crippen molar-refractivity contribution in [3.05, 3.63) is 12.7 Å². The van der Waals surface area contributed by atoms with Gasteiger partial charge in [0.1, 0.15) is 12.1 Å². The van der Waals surface area contributed by atoms with E-state index >= 15 is 0 Å². The van der Waals surface area contributed by atoms with Crippen LogP contribution in [0.3, 0.4) is 0 Å². The summed E-state index contributed by atoms with van der Waals surface area (Å²) in [6, 6.07) is 0.821. The number of esters is 1. The third kappa shape index (κ3) is 8.35. The van der Waals surface area contributed by atoms with Gasteiger partial charge in [-0.25, -0.2) is 13.6 Å². The van der Waals surface area contributed by atoms with Crippen molar-refractivity contribution in [1.82, 2.24) is 4.90 Å². The lowest BCUT2D eigenvalue weighted by atomic mass is 10.1. The van der Waals surface area contributed by atoms with Crippen LogP contribution < -0.4 is 0 Å². The molecule has 1 amide bonds. The average Bonchev–Trinajstić information content (AvgIpc) is 2.49. The second-order valence-corrected chi connectivity index (χ2v) is 4.79. The first kappa shape index (κ1) is 20.0. The Bertz CT molecular complexity index is 408. The molecule has 0 aromatic carbocycles. The van der Waals surface area contributed by atoms with Crippen molar-refractivity contribution < 1.29 is 23.1 Å². The number of hydrogen-bond acceptors (Lipinski definition) is 4. The van der Waals surface area contributed by atoms with Crippen molar-refractivity contribution in [2.24, 2.45) is 0 Å². The molecule has 7 heteroatoms. The summed E-state index contributed by atoms with van der Waals surface area (Å²) >= 11 is 0. The summed E-state index contributed by atoms with van der Waals surface area (Å²) in [5.41, 5.74) is 0. The predicted molar refractivity (Wildman–Crippen MR) is 77.0 cm³/mol. The molecule has 0 aromatic heterocycles. The van der Waals surface area contributed by atoms with Gasteiger partial charge >= 0.3 is 5.97 Å². The standard InChI is InChI=1S/C15H22F2N2O3/c1-3-4-9-14(20)19(2)12(15(21)22-11-10-18)7-5-6-8-13(16)17/h3,12-13H,1,4-9,11H2,2H3. The lowest BCUT2D eigenvalue weighted by Crippen LogP contribution is -2.43. The highest BCUT2D eigenvalue weighted by atomic mass is 19.3. The molecule has 0 spiro atoms. The van der Waals surface area contributed by atoms with E-state index in [0.717, 1.165) is 0 Å². The van der Waals surface area contributed by atoms with Crippen LogP contribution in [-0.2, 0) is 14.3 Å². The number of carbonyl (C=O) groups is 2. The third-order valence-corrected chi connectivity index (χ3v) is 3.12. The van der Waals surface area contributed by atoms with E-state index in [4.69, 9.17) is 10.00 Å². The molecule has 0 heterocycles. The lowest BCUT2D eigenvalue weighted by molar-refractivity contribution is -0.153. The topological polar surface area (TPSA) is 70.4 Å². The molecule has 0 aliphatic heterocycles. The highest BCUT2D eigenvalue weighted by Crippen LogP contribution is 2.14. The third-order valence-electron chi connectivity index (χ3n) is 3.12. The molecule has 1 unspecified atom stereocenters. The Morgan fingerprint density at radius 1 is 1.36 bits per heavy atom. The molecule has 0 fully saturated rings. The normalized spacial score (nSPS) is 11.6. The smallest absolute Gasteiger partial charge is 0.329 e. The zero-order valence-electron chi connectivity index (χ0n) is 12.8. The summed E-state index contributed by atoms with van der Waals surface area (Å²) in [5, 5.41) is 8.43. The lowest BCUT2D eigenvalue weighted by Gasteiger charge is -2.26. The summed E-state index contributed by atoms with van der Waals surface area (Å²) in [6.07, 6.45) is 0.521. The molecule has 22 heavy (non-hydrogen) atoms. The molecule has 0 saturated carbocycles. The zero-order valence-corrected chi connectivity index (χ0v) is 12.8. The SMILES string of the molecule is C=CCCC(=O)N(C)C(CCCCC(F)F)C(=O)OCC#N. The van der Waals surface area contributed by atoms with Gasteiger partial charge < -0.3 is 9.64 Å². The summed E-state index contributed by atoms with van der Waals surface area (Å²) in [6.45, 7) is 3.12. The number of nitriles is 1. The number of hydrogen-bond donors (Lipinski definition) is 0. The van der Waals surface area contributed by atoms with Crippen LogP contribution in [0.4, 0.5) is 8.78 Å². The molecule has 0 aromatic rings.